The van der Waals surface area contributed by atoms with E-state index >= 15 is 0 Å². The van der Waals surface area contributed by atoms with E-state index in [-0.39, 0.29) is 17.9 Å². The van der Waals surface area contributed by atoms with Crippen LogP contribution in [0.25, 0.3) is 0 Å². The van der Waals surface area contributed by atoms with Gasteiger partial charge in [-0.3, -0.25) is 9.78 Å². The van der Waals surface area contributed by atoms with Crippen molar-refractivity contribution < 1.29 is 14.7 Å². The summed E-state index contributed by atoms with van der Waals surface area (Å²) < 4.78 is 0. The molecule has 0 saturated carbocycles. The van der Waals surface area contributed by atoms with Crippen LogP contribution in [-0.4, -0.2) is 35.6 Å². The maximum atomic E-state index is 10.9. The van der Waals surface area contributed by atoms with Gasteiger partial charge in [-0.05, 0) is 6.07 Å². The zero-order valence-corrected chi connectivity index (χ0v) is 8.86. The third-order valence-corrected chi connectivity index (χ3v) is 2.00. The standard InChI is InChI=1S/C10H13N3O3/c1-11-9(14)3-5-13-8-6-12-4-2-7(8)10(15)16/h2,4,6,13H,3,5H2,1H3,(H,11,14)(H,15,16). The Bertz CT molecular complexity index is 393. The van der Waals surface area contributed by atoms with E-state index in [1.165, 1.54) is 18.5 Å². The van der Waals surface area contributed by atoms with Crippen LogP contribution in [0.3, 0.4) is 0 Å². The van der Waals surface area contributed by atoms with Crippen molar-refractivity contribution in [3.63, 3.8) is 0 Å². The second-order valence-corrected chi connectivity index (χ2v) is 3.08. The lowest BCUT2D eigenvalue weighted by Gasteiger charge is -2.07. The van der Waals surface area contributed by atoms with Crippen molar-refractivity contribution in [1.29, 1.82) is 0 Å². The molecule has 16 heavy (non-hydrogen) atoms. The first kappa shape index (κ1) is 12.0. The van der Waals surface area contributed by atoms with Gasteiger partial charge in [0.1, 0.15) is 0 Å². The molecular formula is C10H13N3O3. The van der Waals surface area contributed by atoms with Gasteiger partial charge >= 0.3 is 5.97 Å². The Morgan fingerprint density at radius 2 is 2.25 bits per heavy atom. The Hall–Kier alpha value is -2.11. The number of amides is 1. The summed E-state index contributed by atoms with van der Waals surface area (Å²) in [6.07, 6.45) is 3.12. The molecular weight excluding hydrogens is 210 g/mol. The first-order valence-electron chi connectivity index (χ1n) is 4.77. The van der Waals surface area contributed by atoms with Gasteiger partial charge in [-0.25, -0.2) is 4.79 Å². The lowest BCUT2D eigenvalue weighted by molar-refractivity contribution is -0.120. The molecule has 1 heterocycles. The Labute approximate surface area is 92.7 Å². The molecule has 86 valence electrons. The minimum atomic E-state index is -1.02. The van der Waals surface area contributed by atoms with Gasteiger partial charge in [-0.2, -0.15) is 0 Å². The highest BCUT2D eigenvalue weighted by Crippen LogP contribution is 2.12. The minimum absolute atomic E-state index is 0.103. The zero-order valence-electron chi connectivity index (χ0n) is 8.86. The van der Waals surface area contributed by atoms with Gasteiger partial charge < -0.3 is 15.7 Å². The van der Waals surface area contributed by atoms with Crippen molar-refractivity contribution in [2.75, 3.05) is 18.9 Å². The summed E-state index contributed by atoms with van der Waals surface area (Å²) in [5, 5.41) is 14.2. The molecule has 0 spiro atoms. The Balaban J connectivity index is 2.60. The molecule has 1 aromatic heterocycles. The van der Waals surface area contributed by atoms with Crippen molar-refractivity contribution >= 4 is 17.6 Å². The predicted octanol–water partition coefficient (Wildman–Crippen LogP) is 0.328. The summed E-state index contributed by atoms with van der Waals surface area (Å²) >= 11 is 0. The van der Waals surface area contributed by atoms with E-state index in [9.17, 15) is 9.59 Å². The number of carbonyl (C=O) groups is 2. The van der Waals surface area contributed by atoms with Gasteiger partial charge in [0.25, 0.3) is 0 Å². The van der Waals surface area contributed by atoms with Gasteiger partial charge in [0.15, 0.2) is 0 Å². The van der Waals surface area contributed by atoms with Crippen molar-refractivity contribution in [2.45, 2.75) is 6.42 Å². The fraction of sp³-hybridized carbons (Fsp3) is 0.300. The topological polar surface area (TPSA) is 91.3 Å². The number of anilines is 1. The normalized spacial score (nSPS) is 9.56. The van der Waals surface area contributed by atoms with Crippen molar-refractivity contribution in [3.05, 3.63) is 24.0 Å². The Morgan fingerprint density at radius 3 is 2.88 bits per heavy atom. The molecule has 6 nitrogen and oxygen atoms in total. The quantitative estimate of drug-likeness (QED) is 0.669. The number of carboxylic acid groups (broad SMARTS) is 1. The average Bonchev–Trinajstić information content (AvgIpc) is 2.29. The van der Waals surface area contributed by atoms with E-state index in [0.717, 1.165) is 0 Å². The van der Waals surface area contributed by atoms with Gasteiger partial charge in [-0.15, -0.1) is 0 Å². The maximum Gasteiger partial charge on any atom is 0.337 e. The van der Waals surface area contributed by atoms with Crippen molar-refractivity contribution in [2.24, 2.45) is 0 Å². The second-order valence-electron chi connectivity index (χ2n) is 3.08. The number of rotatable bonds is 5. The van der Waals surface area contributed by atoms with E-state index in [2.05, 4.69) is 15.6 Å². The number of carboxylic acids is 1. The zero-order chi connectivity index (χ0) is 12.0. The van der Waals surface area contributed by atoms with E-state index in [1.807, 2.05) is 0 Å². The molecule has 0 bridgehead atoms. The number of aromatic nitrogens is 1. The molecule has 1 rings (SSSR count). The third kappa shape index (κ3) is 3.23. The summed E-state index contributed by atoms with van der Waals surface area (Å²) in [5.41, 5.74) is 0.561. The van der Waals surface area contributed by atoms with Crippen molar-refractivity contribution in [3.8, 4) is 0 Å². The van der Waals surface area contributed by atoms with E-state index < -0.39 is 5.97 Å². The smallest absolute Gasteiger partial charge is 0.337 e. The highest BCUT2D eigenvalue weighted by atomic mass is 16.4. The molecule has 0 aliphatic rings. The molecule has 6 heteroatoms. The number of hydrogen-bond acceptors (Lipinski definition) is 4. The predicted molar refractivity (Wildman–Crippen MR) is 58.4 cm³/mol. The summed E-state index contributed by atoms with van der Waals surface area (Å²) in [6, 6.07) is 1.41. The summed E-state index contributed by atoms with van der Waals surface area (Å²) in [7, 11) is 1.55. The second kappa shape index (κ2) is 5.69. The summed E-state index contributed by atoms with van der Waals surface area (Å²) in [6.45, 7) is 0.367. The summed E-state index contributed by atoms with van der Waals surface area (Å²) in [5.74, 6) is -1.13. The molecule has 1 amide bonds. The Morgan fingerprint density at radius 1 is 1.50 bits per heavy atom. The lowest BCUT2D eigenvalue weighted by Crippen LogP contribution is -2.21. The van der Waals surface area contributed by atoms with Crippen LogP contribution in [0.4, 0.5) is 5.69 Å². The lowest BCUT2D eigenvalue weighted by atomic mass is 10.2. The number of aromatic carboxylic acids is 1. The summed E-state index contributed by atoms with van der Waals surface area (Å²) in [4.78, 5) is 25.6. The van der Waals surface area contributed by atoms with E-state index in [1.54, 1.807) is 7.05 Å². The van der Waals surface area contributed by atoms with Crippen LogP contribution in [0.1, 0.15) is 16.8 Å². The molecule has 0 aromatic carbocycles. The van der Waals surface area contributed by atoms with E-state index in [0.29, 0.717) is 12.2 Å². The highest BCUT2D eigenvalue weighted by molar-refractivity contribution is 5.93. The van der Waals surface area contributed by atoms with Gasteiger partial charge in [-0.1, -0.05) is 0 Å². The third-order valence-electron chi connectivity index (χ3n) is 2.00. The number of hydrogen-bond donors (Lipinski definition) is 3. The Kier molecular flexibility index (Phi) is 4.26. The van der Waals surface area contributed by atoms with Crippen LogP contribution in [0.2, 0.25) is 0 Å². The molecule has 1 aromatic rings. The molecule has 0 saturated heterocycles. The minimum Gasteiger partial charge on any atom is -0.478 e. The molecule has 3 N–H and O–H groups in total. The average molecular weight is 223 g/mol. The first-order chi connectivity index (χ1) is 7.65. The SMILES string of the molecule is CNC(=O)CCNc1cnccc1C(=O)O. The molecule has 0 aliphatic carbocycles. The van der Waals surface area contributed by atoms with Crippen LogP contribution < -0.4 is 10.6 Å². The number of carbonyl (C=O) groups excluding carboxylic acids is 1. The maximum absolute atomic E-state index is 10.9. The molecule has 0 atom stereocenters. The van der Waals surface area contributed by atoms with Crippen LogP contribution in [0.15, 0.2) is 18.5 Å². The molecule has 0 unspecified atom stereocenters. The number of pyridine rings is 1. The van der Waals surface area contributed by atoms with Crippen molar-refractivity contribution in [1.82, 2.24) is 10.3 Å². The van der Waals surface area contributed by atoms with Crippen LogP contribution in [0.5, 0.6) is 0 Å². The van der Waals surface area contributed by atoms with Crippen LogP contribution in [0, 0.1) is 0 Å². The number of nitrogens with one attached hydrogen (secondary N) is 2. The van der Waals surface area contributed by atoms with E-state index in [4.69, 9.17) is 5.11 Å². The van der Waals surface area contributed by atoms with Gasteiger partial charge in [0.2, 0.25) is 5.91 Å². The largest absolute Gasteiger partial charge is 0.478 e. The highest BCUT2D eigenvalue weighted by Gasteiger charge is 2.09. The molecule has 0 fully saturated rings. The van der Waals surface area contributed by atoms with Gasteiger partial charge in [0, 0.05) is 26.2 Å². The number of nitrogens with zero attached hydrogens (tertiary/aromatic N) is 1. The molecule has 0 aliphatic heterocycles. The monoisotopic (exact) mass is 223 g/mol. The fourth-order valence-corrected chi connectivity index (χ4v) is 1.16. The van der Waals surface area contributed by atoms with Gasteiger partial charge in [0.05, 0.1) is 17.4 Å². The van der Waals surface area contributed by atoms with Crippen LogP contribution >= 0.6 is 0 Å². The van der Waals surface area contributed by atoms with Crippen LogP contribution in [-0.2, 0) is 4.79 Å². The first-order valence-corrected chi connectivity index (χ1v) is 4.77. The fourth-order valence-electron chi connectivity index (χ4n) is 1.16. The molecule has 0 radical (unpaired) electrons.